The summed E-state index contributed by atoms with van der Waals surface area (Å²) in [5, 5.41) is 15.6. The molecule has 0 spiro atoms. The van der Waals surface area contributed by atoms with Crippen molar-refractivity contribution in [2.24, 2.45) is 0 Å². The van der Waals surface area contributed by atoms with Crippen molar-refractivity contribution >= 4 is 22.1 Å². The predicted molar refractivity (Wildman–Crippen MR) is 86.0 cm³/mol. The molecule has 1 atom stereocenters. The monoisotopic (exact) mass is 299 g/mol. The van der Waals surface area contributed by atoms with Crippen LogP contribution in [-0.4, -0.2) is 17.2 Å². The Kier molecular flexibility index (Phi) is 3.90. The summed E-state index contributed by atoms with van der Waals surface area (Å²) < 4.78 is 5.39. The lowest BCUT2D eigenvalue weighted by Gasteiger charge is -2.15. The molecule has 2 aromatic carbocycles. The molecule has 0 fully saturated rings. The Balaban J connectivity index is 2.00. The Morgan fingerprint density at radius 3 is 2.62 bits per heavy atom. The van der Waals surface area contributed by atoms with Gasteiger partial charge >= 0.3 is 0 Å². The van der Waals surface area contributed by atoms with Gasteiger partial charge in [0.05, 0.1) is 23.9 Å². The van der Waals surface area contributed by atoms with Crippen LogP contribution < -0.4 is 4.74 Å². The van der Waals surface area contributed by atoms with Gasteiger partial charge < -0.3 is 9.84 Å². The van der Waals surface area contributed by atoms with E-state index in [0.29, 0.717) is 6.42 Å². The highest BCUT2D eigenvalue weighted by atomic mass is 32.1. The molecule has 0 amide bonds. The van der Waals surface area contributed by atoms with Crippen LogP contribution >= 0.6 is 11.3 Å². The zero-order valence-corrected chi connectivity index (χ0v) is 12.9. The molecule has 108 valence electrons. The number of nitrogens with zero attached hydrogens (tertiary/aromatic N) is 1. The lowest BCUT2D eigenvalue weighted by atomic mass is 9.97. The first-order chi connectivity index (χ1) is 10.2. The van der Waals surface area contributed by atoms with Crippen molar-refractivity contribution in [1.29, 1.82) is 0 Å². The van der Waals surface area contributed by atoms with Crippen LogP contribution in [0.3, 0.4) is 0 Å². The summed E-state index contributed by atoms with van der Waals surface area (Å²) in [4.78, 5) is 4.42. The maximum absolute atomic E-state index is 10.6. The molecule has 1 heterocycles. The number of rotatable bonds is 4. The Morgan fingerprint density at radius 1 is 1.19 bits per heavy atom. The van der Waals surface area contributed by atoms with Gasteiger partial charge in [-0.1, -0.05) is 30.3 Å². The fourth-order valence-electron chi connectivity index (χ4n) is 2.57. The van der Waals surface area contributed by atoms with Crippen LogP contribution in [0.5, 0.6) is 5.75 Å². The van der Waals surface area contributed by atoms with Crippen LogP contribution in [0.15, 0.2) is 41.8 Å². The number of ether oxygens (including phenoxy) is 1. The highest BCUT2D eigenvalue weighted by Gasteiger charge is 2.15. The number of aromatic nitrogens is 1. The van der Waals surface area contributed by atoms with E-state index in [1.807, 2.05) is 48.7 Å². The van der Waals surface area contributed by atoms with Crippen molar-refractivity contribution in [1.82, 2.24) is 4.98 Å². The van der Waals surface area contributed by atoms with E-state index in [0.717, 1.165) is 32.8 Å². The Hall–Kier alpha value is -1.91. The minimum absolute atomic E-state index is 0.528. The number of hydrogen-bond donors (Lipinski definition) is 1. The van der Waals surface area contributed by atoms with E-state index >= 15 is 0 Å². The summed E-state index contributed by atoms with van der Waals surface area (Å²) in [6, 6.07) is 11.8. The largest absolute Gasteiger partial charge is 0.496 e. The Bertz CT molecular complexity index is 766. The van der Waals surface area contributed by atoms with Gasteiger partial charge in [0, 0.05) is 17.2 Å². The third kappa shape index (κ3) is 2.77. The summed E-state index contributed by atoms with van der Waals surface area (Å²) in [6.07, 6.45) is -0.0389. The topological polar surface area (TPSA) is 42.4 Å². The smallest absolute Gasteiger partial charge is 0.126 e. The molecule has 0 aliphatic rings. The number of hydrogen-bond acceptors (Lipinski definition) is 4. The molecule has 3 rings (SSSR count). The van der Waals surface area contributed by atoms with E-state index < -0.39 is 6.10 Å². The van der Waals surface area contributed by atoms with Crippen LogP contribution in [0, 0.1) is 6.92 Å². The normalized spacial score (nSPS) is 12.5. The molecule has 3 nitrogen and oxygen atoms in total. The van der Waals surface area contributed by atoms with Crippen molar-refractivity contribution < 1.29 is 9.84 Å². The number of benzene rings is 2. The fraction of sp³-hybridized carbons (Fsp3) is 0.235. The number of thiazole rings is 1. The molecule has 0 aliphatic heterocycles. The molecule has 0 aliphatic carbocycles. The van der Waals surface area contributed by atoms with Crippen LogP contribution in [0.2, 0.25) is 0 Å². The maximum Gasteiger partial charge on any atom is 0.126 e. The molecule has 0 radical (unpaired) electrons. The molecule has 21 heavy (non-hydrogen) atoms. The SMILES string of the molecule is COc1ccc(C(O)Cc2csc(C)n2)c2ccccc12. The standard InChI is InChI=1S/C17H17NO2S/c1-11-18-12(10-21-11)9-16(19)14-7-8-17(20-2)15-6-4-3-5-13(14)15/h3-8,10,16,19H,9H2,1-2H3. The van der Waals surface area contributed by atoms with Crippen molar-refractivity contribution in [3.63, 3.8) is 0 Å². The molecule has 1 aromatic heterocycles. The molecule has 1 N–H and O–H groups in total. The predicted octanol–water partition coefficient (Wildman–Crippen LogP) is 3.89. The zero-order chi connectivity index (χ0) is 14.8. The second-order valence-electron chi connectivity index (χ2n) is 4.98. The summed E-state index contributed by atoms with van der Waals surface area (Å²) >= 11 is 1.61. The van der Waals surface area contributed by atoms with E-state index in [4.69, 9.17) is 4.74 Å². The highest BCUT2D eigenvalue weighted by Crippen LogP contribution is 2.32. The van der Waals surface area contributed by atoms with E-state index in [9.17, 15) is 5.11 Å². The van der Waals surface area contributed by atoms with Gasteiger partial charge in [-0.25, -0.2) is 4.98 Å². The first-order valence-electron chi connectivity index (χ1n) is 6.83. The van der Waals surface area contributed by atoms with Gasteiger partial charge in [-0.05, 0) is 23.9 Å². The first kappa shape index (κ1) is 14.0. The molecule has 0 bridgehead atoms. The number of methoxy groups -OCH3 is 1. The molecule has 3 aromatic rings. The number of fused-ring (bicyclic) bond motifs is 1. The fourth-order valence-corrected chi connectivity index (χ4v) is 3.20. The van der Waals surface area contributed by atoms with E-state index in [2.05, 4.69) is 4.98 Å². The first-order valence-corrected chi connectivity index (χ1v) is 7.71. The lowest BCUT2D eigenvalue weighted by Crippen LogP contribution is -2.03. The third-order valence-corrected chi connectivity index (χ3v) is 4.39. The van der Waals surface area contributed by atoms with Gasteiger partial charge in [-0.3, -0.25) is 0 Å². The minimum atomic E-state index is -0.567. The van der Waals surface area contributed by atoms with Gasteiger partial charge in [0.1, 0.15) is 5.75 Å². The lowest BCUT2D eigenvalue weighted by molar-refractivity contribution is 0.179. The second kappa shape index (κ2) is 5.84. The van der Waals surface area contributed by atoms with Crippen molar-refractivity contribution in [3.8, 4) is 5.75 Å². The maximum atomic E-state index is 10.6. The quantitative estimate of drug-likeness (QED) is 0.794. The average molecular weight is 299 g/mol. The molecule has 0 saturated carbocycles. The molecule has 1 unspecified atom stereocenters. The second-order valence-corrected chi connectivity index (χ2v) is 6.04. The van der Waals surface area contributed by atoms with Crippen molar-refractivity contribution in [2.45, 2.75) is 19.4 Å². The van der Waals surface area contributed by atoms with Crippen LogP contribution in [0.4, 0.5) is 0 Å². The summed E-state index contributed by atoms with van der Waals surface area (Å²) in [6.45, 7) is 1.98. The van der Waals surface area contributed by atoms with E-state index in [1.54, 1.807) is 18.4 Å². The Labute approximate surface area is 127 Å². The van der Waals surface area contributed by atoms with E-state index in [-0.39, 0.29) is 0 Å². The van der Waals surface area contributed by atoms with Crippen molar-refractivity contribution in [2.75, 3.05) is 7.11 Å². The van der Waals surface area contributed by atoms with Gasteiger partial charge in [0.15, 0.2) is 0 Å². The summed E-state index contributed by atoms with van der Waals surface area (Å²) in [5.41, 5.74) is 1.85. The molecular weight excluding hydrogens is 282 g/mol. The zero-order valence-electron chi connectivity index (χ0n) is 12.0. The van der Waals surface area contributed by atoms with E-state index in [1.165, 1.54) is 0 Å². The molecule has 0 saturated heterocycles. The van der Waals surface area contributed by atoms with Crippen LogP contribution in [0.25, 0.3) is 10.8 Å². The number of aliphatic hydroxyl groups is 1. The van der Waals surface area contributed by atoms with Gasteiger partial charge in [-0.2, -0.15) is 0 Å². The number of aryl methyl sites for hydroxylation is 1. The average Bonchev–Trinajstić information content (AvgIpc) is 2.91. The number of aliphatic hydroxyl groups excluding tert-OH is 1. The van der Waals surface area contributed by atoms with Crippen LogP contribution in [0.1, 0.15) is 22.4 Å². The summed E-state index contributed by atoms with van der Waals surface area (Å²) in [5.74, 6) is 0.825. The summed E-state index contributed by atoms with van der Waals surface area (Å²) in [7, 11) is 1.66. The minimum Gasteiger partial charge on any atom is -0.496 e. The van der Waals surface area contributed by atoms with Crippen LogP contribution in [-0.2, 0) is 6.42 Å². The highest BCUT2D eigenvalue weighted by molar-refractivity contribution is 7.09. The Morgan fingerprint density at radius 2 is 1.95 bits per heavy atom. The molecular formula is C17H17NO2S. The van der Waals surface area contributed by atoms with Gasteiger partial charge in [0.2, 0.25) is 0 Å². The molecule has 4 heteroatoms. The van der Waals surface area contributed by atoms with Crippen molar-refractivity contribution in [3.05, 3.63) is 58.0 Å². The van der Waals surface area contributed by atoms with Gasteiger partial charge in [0.25, 0.3) is 0 Å². The third-order valence-electron chi connectivity index (χ3n) is 3.57. The van der Waals surface area contributed by atoms with Gasteiger partial charge in [-0.15, -0.1) is 11.3 Å².